The topological polar surface area (TPSA) is 46.2 Å². The average molecular weight is 296 g/mol. The van der Waals surface area contributed by atoms with Crippen LogP contribution in [0.25, 0.3) is 0 Å². The Hall–Kier alpha value is -1.13. The summed E-state index contributed by atoms with van der Waals surface area (Å²) in [5, 5.41) is 9.17. The lowest BCUT2D eigenvalue weighted by molar-refractivity contribution is 0.475. The van der Waals surface area contributed by atoms with Crippen molar-refractivity contribution in [1.82, 2.24) is 0 Å². The van der Waals surface area contributed by atoms with Crippen molar-refractivity contribution in [3.05, 3.63) is 46.9 Å². The molecule has 0 aliphatic carbocycles. The Bertz CT molecular complexity index is 499. The molecule has 3 N–H and O–H groups in total. The van der Waals surface area contributed by atoms with E-state index in [1.54, 1.807) is 23.9 Å². The van der Waals surface area contributed by atoms with E-state index in [9.17, 15) is 0 Å². The molecule has 82 valence electrons. The molecule has 0 saturated heterocycles. The van der Waals surface area contributed by atoms with Gasteiger partial charge >= 0.3 is 0 Å². The molecule has 2 aromatic carbocycles. The van der Waals surface area contributed by atoms with Gasteiger partial charge in [0.25, 0.3) is 0 Å². The van der Waals surface area contributed by atoms with Crippen molar-refractivity contribution in [3.8, 4) is 5.75 Å². The van der Waals surface area contributed by atoms with E-state index in [1.165, 1.54) is 0 Å². The molecule has 0 radical (unpaired) electrons. The van der Waals surface area contributed by atoms with E-state index in [1.807, 2.05) is 30.3 Å². The molecule has 0 fully saturated rings. The highest BCUT2D eigenvalue weighted by atomic mass is 79.9. The predicted octanol–water partition coefficient (Wildman–Crippen LogP) is 3.89. The predicted molar refractivity (Wildman–Crippen MR) is 70.8 cm³/mol. The van der Waals surface area contributed by atoms with Crippen LogP contribution in [0.5, 0.6) is 5.75 Å². The summed E-state index contributed by atoms with van der Waals surface area (Å²) in [6.45, 7) is 0. The minimum Gasteiger partial charge on any atom is -0.508 e. The van der Waals surface area contributed by atoms with Crippen molar-refractivity contribution in [2.75, 3.05) is 5.73 Å². The van der Waals surface area contributed by atoms with Gasteiger partial charge in [-0.3, -0.25) is 0 Å². The number of halogens is 1. The Balaban J connectivity index is 2.20. The molecule has 0 spiro atoms. The molecule has 0 saturated carbocycles. The van der Waals surface area contributed by atoms with E-state index >= 15 is 0 Å². The van der Waals surface area contributed by atoms with Gasteiger partial charge in [0.2, 0.25) is 0 Å². The summed E-state index contributed by atoms with van der Waals surface area (Å²) in [6, 6.07) is 12.9. The van der Waals surface area contributed by atoms with Gasteiger partial charge in [0.1, 0.15) is 5.75 Å². The van der Waals surface area contributed by atoms with Gasteiger partial charge in [-0.2, -0.15) is 0 Å². The normalized spacial score (nSPS) is 10.3. The number of rotatable bonds is 2. The first kappa shape index (κ1) is 11.4. The monoisotopic (exact) mass is 295 g/mol. The standard InChI is InChI=1S/C12H10BrNOS/c13-11-6-5-10(7-12(11)14)16-9-3-1-8(15)2-4-9/h1-7,15H,14H2. The molecule has 2 rings (SSSR count). The third kappa shape index (κ3) is 2.71. The van der Waals surface area contributed by atoms with Crippen LogP contribution < -0.4 is 5.73 Å². The molecule has 0 unspecified atom stereocenters. The summed E-state index contributed by atoms with van der Waals surface area (Å²) in [7, 11) is 0. The fourth-order valence-corrected chi connectivity index (χ4v) is 2.35. The zero-order valence-corrected chi connectivity index (χ0v) is 10.8. The van der Waals surface area contributed by atoms with Gasteiger partial charge in [-0.1, -0.05) is 11.8 Å². The molecule has 2 aromatic rings. The van der Waals surface area contributed by atoms with Gasteiger partial charge in [0, 0.05) is 20.0 Å². The first-order valence-electron chi connectivity index (χ1n) is 4.67. The lowest BCUT2D eigenvalue weighted by Gasteiger charge is -2.04. The van der Waals surface area contributed by atoms with Crippen LogP contribution >= 0.6 is 27.7 Å². The molecule has 0 aromatic heterocycles. The Morgan fingerprint density at radius 3 is 2.25 bits per heavy atom. The molecule has 4 heteroatoms. The number of phenolic OH excluding ortho intramolecular Hbond substituents is 1. The summed E-state index contributed by atoms with van der Waals surface area (Å²) in [5.41, 5.74) is 6.52. The van der Waals surface area contributed by atoms with Crippen molar-refractivity contribution in [2.45, 2.75) is 9.79 Å². The molecule has 0 atom stereocenters. The van der Waals surface area contributed by atoms with E-state index in [2.05, 4.69) is 15.9 Å². The third-order valence-electron chi connectivity index (χ3n) is 2.04. The lowest BCUT2D eigenvalue weighted by Crippen LogP contribution is -1.86. The average Bonchev–Trinajstić information content (AvgIpc) is 2.27. The molecule has 0 heterocycles. The quantitative estimate of drug-likeness (QED) is 0.826. The summed E-state index contributed by atoms with van der Waals surface area (Å²) in [5.74, 6) is 0.277. The minimum absolute atomic E-state index is 0.277. The molecule has 0 aliphatic heterocycles. The van der Waals surface area contributed by atoms with Crippen molar-refractivity contribution >= 4 is 33.4 Å². The van der Waals surface area contributed by atoms with Gasteiger partial charge in [-0.25, -0.2) is 0 Å². The summed E-state index contributed by atoms with van der Waals surface area (Å²) in [6.07, 6.45) is 0. The number of aromatic hydroxyl groups is 1. The first-order valence-corrected chi connectivity index (χ1v) is 6.28. The molecular weight excluding hydrogens is 286 g/mol. The lowest BCUT2D eigenvalue weighted by atomic mass is 10.3. The number of anilines is 1. The first-order chi connectivity index (χ1) is 7.65. The van der Waals surface area contributed by atoms with Crippen LogP contribution in [0.3, 0.4) is 0 Å². The Morgan fingerprint density at radius 2 is 1.62 bits per heavy atom. The fourth-order valence-electron chi connectivity index (χ4n) is 1.24. The highest BCUT2D eigenvalue weighted by Gasteiger charge is 2.00. The second-order valence-electron chi connectivity index (χ2n) is 3.28. The highest BCUT2D eigenvalue weighted by Crippen LogP contribution is 2.32. The van der Waals surface area contributed by atoms with Crippen LogP contribution in [0.2, 0.25) is 0 Å². The van der Waals surface area contributed by atoms with E-state index in [4.69, 9.17) is 10.8 Å². The van der Waals surface area contributed by atoms with Crippen molar-refractivity contribution < 1.29 is 5.11 Å². The largest absolute Gasteiger partial charge is 0.508 e. The van der Waals surface area contributed by atoms with Crippen LogP contribution in [0.15, 0.2) is 56.7 Å². The minimum atomic E-state index is 0.277. The number of nitrogens with two attached hydrogens (primary N) is 1. The van der Waals surface area contributed by atoms with Crippen LogP contribution in [0, 0.1) is 0 Å². The van der Waals surface area contributed by atoms with Gasteiger partial charge in [0.15, 0.2) is 0 Å². The van der Waals surface area contributed by atoms with E-state index in [0.29, 0.717) is 0 Å². The molecule has 2 nitrogen and oxygen atoms in total. The van der Waals surface area contributed by atoms with Gasteiger partial charge in [-0.15, -0.1) is 0 Å². The maximum absolute atomic E-state index is 9.17. The van der Waals surface area contributed by atoms with Gasteiger partial charge in [0.05, 0.1) is 0 Å². The number of benzene rings is 2. The van der Waals surface area contributed by atoms with Crippen molar-refractivity contribution in [1.29, 1.82) is 0 Å². The fraction of sp³-hybridized carbons (Fsp3) is 0. The number of nitrogen functional groups attached to an aromatic ring is 1. The van der Waals surface area contributed by atoms with E-state index < -0.39 is 0 Å². The highest BCUT2D eigenvalue weighted by molar-refractivity contribution is 9.10. The number of phenols is 1. The van der Waals surface area contributed by atoms with Crippen LogP contribution in [0.1, 0.15) is 0 Å². The summed E-state index contributed by atoms with van der Waals surface area (Å²) >= 11 is 4.96. The SMILES string of the molecule is Nc1cc(Sc2ccc(O)cc2)ccc1Br. The van der Waals surface area contributed by atoms with Gasteiger partial charge < -0.3 is 10.8 Å². The molecule has 0 bridgehead atoms. The Labute approximate surface area is 107 Å². The Kier molecular flexibility index (Phi) is 3.41. The van der Waals surface area contributed by atoms with E-state index in [0.717, 1.165) is 20.0 Å². The van der Waals surface area contributed by atoms with Gasteiger partial charge in [-0.05, 0) is 58.4 Å². The second kappa shape index (κ2) is 4.80. The smallest absolute Gasteiger partial charge is 0.115 e. The zero-order chi connectivity index (χ0) is 11.5. The zero-order valence-electron chi connectivity index (χ0n) is 8.35. The molecule has 0 amide bonds. The third-order valence-corrected chi connectivity index (χ3v) is 3.76. The molecular formula is C12H10BrNOS. The van der Waals surface area contributed by atoms with Crippen LogP contribution in [-0.4, -0.2) is 5.11 Å². The summed E-state index contributed by atoms with van der Waals surface area (Å²) in [4.78, 5) is 2.14. The second-order valence-corrected chi connectivity index (χ2v) is 5.28. The molecule has 16 heavy (non-hydrogen) atoms. The number of hydrogen-bond acceptors (Lipinski definition) is 3. The molecule has 0 aliphatic rings. The maximum Gasteiger partial charge on any atom is 0.115 e. The maximum atomic E-state index is 9.17. The number of hydrogen-bond donors (Lipinski definition) is 2. The van der Waals surface area contributed by atoms with Crippen LogP contribution in [0.4, 0.5) is 5.69 Å². The van der Waals surface area contributed by atoms with Crippen molar-refractivity contribution in [2.24, 2.45) is 0 Å². The summed E-state index contributed by atoms with van der Waals surface area (Å²) < 4.78 is 0.905. The Morgan fingerprint density at radius 1 is 1.00 bits per heavy atom. The van der Waals surface area contributed by atoms with Crippen molar-refractivity contribution in [3.63, 3.8) is 0 Å². The van der Waals surface area contributed by atoms with Crippen LogP contribution in [-0.2, 0) is 0 Å². The van der Waals surface area contributed by atoms with E-state index in [-0.39, 0.29) is 5.75 Å².